The molecule has 5 nitrogen and oxygen atoms in total. The molecule has 0 aliphatic carbocycles. The van der Waals surface area contributed by atoms with Gasteiger partial charge < -0.3 is 20.4 Å². The molecule has 0 saturated carbocycles. The summed E-state index contributed by atoms with van der Waals surface area (Å²) in [6.45, 7) is -0.231. The number of benzene rings is 1. The lowest BCUT2D eigenvalue weighted by Gasteiger charge is -2.19. The highest BCUT2D eigenvalue weighted by molar-refractivity contribution is 5.85. The SMILES string of the molecule is O=C(O)/C=C/c1ccccc1C(O)C(O)CCO. The van der Waals surface area contributed by atoms with Crippen molar-refractivity contribution >= 4 is 12.0 Å². The third-order valence-corrected chi connectivity index (χ3v) is 2.51. The maximum absolute atomic E-state index is 10.5. The van der Waals surface area contributed by atoms with Crippen molar-refractivity contribution in [3.8, 4) is 0 Å². The van der Waals surface area contributed by atoms with Crippen LogP contribution >= 0.6 is 0 Å². The van der Waals surface area contributed by atoms with Crippen LogP contribution in [-0.2, 0) is 4.79 Å². The quantitative estimate of drug-likeness (QED) is 0.555. The van der Waals surface area contributed by atoms with Crippen LogP contribution in [-0.4, -0.2) is 39.1 Å². The van der Waals surface area contributed by atoms with Crippen LogP contribution in [0.4, 0.5) is 0 Å². The summed E-state index contributed by atoms with van der Waals surface area (Å²) in [5.41, 5.74) is 0.945. The Morgan fingerprint density at radius 3 is 2.56 bits per heavy atom. The first-order valence-electron chi connectivity index (χ1n) is 5.53. The fourth-order valence-electron chi connectivity index (χ4n) is 1.59. The van der Waals surface area contributed by atoms with E-state index in [0.717, 1.165) is 6.08 Å². The van der Waals surface area contributed by atoms with Crippen molar-refractivity contribution in [1.82, 2.24) is 0 Å². The molecule has 0 fully saturated rings. The van der Waals surface area contributed by atoms with Crippen molar-refractivity contribution in [2.24, 2.45) is 0 Å². The second kappa shape index (κ2) is 6.90. The molecule has 0 radical (unpaired) electrons. The van der Waals surface area contributed by atoms with Crippen LogP contribution in [0.5, 0.6) is 0 Å². The highest BCUT2D eigenvalue weighted by atomic mass is 16.4. The highest BCUT2D eigenvalue weighted by Crippen LogP contribution is 2.23. The van der Waals surface area contributed by atoms with Crippen molar-refractivity contribution < 1.29 is 25.2 Å². The molecule has 5 heteroatoms. The standard InChI is InChI=1S/C13H16O5/c14-8-7-11(15)13(18)10-4-2-1-3-9(10)5-6-12(16)17/h1-6,11,13-15,18H,7-8H2,(H,16,17)/b6-5+. The van der Waals surface area contributed by atoms with Crippen LogP contribution in [0.3, 0.4) is 0 Å². The Morgan fingerprint density at radius 2 is 1.94 bits per heavy atom. The minimum atomic E-state index is -1.16. The molecular formula is C13H16O5. The zero-order chi connectivity index (χ0) is 13.5. The molecule has 2 atom stereocenters. The zero-order valence-corrected chi connectivity index (χ0v) is 9.73. The third kappa shape index (κ3) is 3.96. The Labute approximate surface area is 105 Å². The number of carboxylic acids is 1. The van der Waals surface area contributed by atoms with E-state index in [1.807, 2.05) is 0 Å². The molecule has 1 aromatic rings. The third-order valence-electron chi connectivity index (χ3n) is 2.51. The smallest absolute Gasteiger partial charge is 0.328 e. The summed E-state index contributed by atoms with van der Waals surface area (Å²) in [4.78, 5) is 10.5. The van der Waals surface area contributed by atoms with Crippen LogP contribution in [0.15, 0.2) is 30.3 Å². The predicted octanol–water partition coefficient (Wildman–Crippen LogP) is 0.561. The number of rotatable bonds is 6. The predicted molar refractivity (Wildman–Crippen MR) is 65.8 cm³/mol. The Bertz CT molecular complexity index is 427. The Kier molecular flexibility index (Phi) is 5.51. The first-order chi connectivity index (χ1) is 8.56. The normalized spacial score (nSPS) is 14.6. The van der Waals surface area contributed by atoms with Crippen molar-refractivity contribution in [3.63, 3.8) is 0 Å². The van der Waals surface area contributed by atoms with E-state index in [9.17, 15) is 15.0 Å². The number of hydrogen-bond acceptors (Lipinski definition) is 4. The second-order valence-electron chi connectivity index (χ2n) is 3.82. The first kappa shape index (κ1) is 14.4. The average Bonchev–Trinajstić information content (AvgIpc) is 2.36. The van der Waals surface area contributed by atoms with Gasteiger partial charge >= 0.3 is 5.97 Å². The topological polar surface area (TPSA) is 98.0 Å². The largest absolute Gasteiger partial charge is 0.478 e. The van der Waals surface area contributed by atoms with Gasteiger partial charge in [-0.3, -0.25) is 0 Å². The molecule has 0 bridgehead atoms. The van der Waals surface area contributed by atoms with E-state index in [4.69, 9.17) is 10.2 Å². The van der Waals surface area contributed by atoms with Gasteiger partial charge in [0.25, 0.3) is 0 Å². The number of carbonyl (C=O) groups is 1. The lowest BCUT2D eigenvalue weighted by Crippen LogP contribution is -2.20. The molecule has 0 aliphatic rings. The Morgan fingerprint density at radius 1 is 1.28 bits per heavy atom. The van der Waals surface area contributed by atoms with E-state index in [1.165, 1.54) is 6.08 Å². The van der Waals surface area contributed by atoms with Crippen LogP contribution in [0.25, 0.3) is 6.08 Å². The van der Waals surface area contributed by atoms with Gasteiger partial charge in [0, 0.05) is 12.7 Å². The summed E-state index contributed by atoms with van der Waals surface area (Å²) in [6, 6.07) is 6.63. The van der Waals surface area contributed by atoms with Crippen LogP contribution in [0, 0.1) is 0 Å². The first-order valence-corrected chi connectivity index (χ1v) is 5.53. The van der Waals surface area contributed by atoms with Gasteiger partial charge in [-0.25, -0.2) is 4.79 Å². The van der Waals surface area contributed by atoms with Gasteiger partial charge in [-0.15, -0.1) is 0 Å². The average molecular weight is 252 g/mol. The minimum absolute atomic E-state index is 0.0537. The lowest BCUT2D eigenvalue weighted by molar-refractivity contribution is -0.131. The molecule has 0 saturated heterocycles. The van der Waals surface area contributed by atoms with E-state index in [0.29, 0.717) is 11.1 Å². The van der Waals surface area contributed by atoms with E-state index in [2.05, 4.69) is 0 Å². The Balaban J connectivity index is 2.97. The van der Waals surface area contributed by atoms with Gasteiger partial charge in [0.1, 0.15) is 6.10 Å². The van der Waals surface area contributed by atoms with Gasteiger partial charge in [0.05, 0.1) is 6.10 Å². The maximum Gasteiger partial charge on any atom is 0.328 e. The molecule has 18 heavy (non-hydrogen) atoms. The number of aliphatic hydroxyl groups is 3. The molecule has 0 amide bonds. The van der Waals surface area contributed by atoms with Gasteiger partial charge in [-0.05, 0) is 23.6 Å². The fraction of sp³-hybridized carbons (Fsp3) is 0.308. The Hall–Kier alpha value is -1.69. The number of aliphatic carboxylic acids is 1. The molecule has 0 aromatic heterocycles. The van der Waals surface area contributed by atoms with E-state index < -0.39 is 18.2 Å². The van der Waals surface area contributed by atoms with Crippen LogP contribution in [0.2, 0.25) is 0 Å². The van der Waals surface area contributed by atoms with Gasteiger partial charge in [-0.2, -0.15) is 0 Å². The summed E-state index contributed by atoms with van der Waals surface area (Å²) in [7, 11) is 0. The van der Waals surface area contributed by atoms with Crippen molar-refractivity contribution in [1.29, 1.82) is 0 Å². The summed E-state index contributed by atoms with van der Waals surface area (Å²) in [5, 5.41) is 36.8. The van der Waals surface area contributed by atoms with E-state index in [1.54, 1.807) is 24.3 Å². The summed E-state index contributed by atoms with van der Waals surface area (Å²) in [5.74, 6) is -1.09. The van der Waals surface area contributed by atoms with Crippen molar-refractivity contribution in [3.05, 3.63) is 41.5 Å². The number of hydrogen-bond donors (Lipinski definition) is 4. The van der Waals surface area contributed by atoms with Crippen LogP contribution in [0.1, 0.15) is 23.7 Å². The van der Waals surface area contributed by atoms with Gasteiger partial charge in [-0.1, -0.05) is 24.3 Å². The molecule has 0 heterocycles. The monoisotopic (exact) mass is 252 g/mol. The molecular weight excluding hydrogens is 236 g/mol. The summed E-state index contributed by atoms with van der Waals surface area (Å²) >= 11 is 0. The van der Waals surface area contributed by atoms with Gasteiger partial charge in [0.15, 0.2) is 0 Å². The molecule has 0 spiro atoms. The molecule has 98 valence electrons. The van der Waals surface area contributed by atoms with Crippen LogP contribution < -0.4 is 0 Å². The fourth-order valence-corrected chi connectivity index (χ4v) is 1.59. The van der Waals surface area contributed by atoms with Crippen molar-refractivity contribution in [2.45, 2.75) is 18.6 Å². The lowest BCUT2D eigenvalue weighted by atomic mass is 9.97. The second-order valence-corrected chi connectivity index (χ2v) is 3.82. The molecule has 1 rings (SSSR count). The molecule has 0 aliphatic heterocycles. The summed E-state index contributed by atoms with van der Waals surface area (Å²) in [6.07, 6.45) is 0.121. The molecule has 2 unspecified atom stereocenters. The summed E-state index contributed by atoms with van der Waals surface area (Å²) < 4.78 is 0. The minimum Gasteiger partial charge on any atom is -0.478 e. The maximum atomic E-state index is 10.5. The zero-order valence-electron chi connectivity index (χ0n) is 9.73. The van der Waals surface area contributed by atoms with E-state index >= 15 is 0 Å². The van der Waals surface area contributed by atoms with E-state index in [-0.39, 0.29) is 13.0 Å². The number of aliphatic hydroxyl groups excluding tert-OH is 3. The highest BCUT2D eigenvalue weighted by Gasteiger charge is 2.19. The number of carboxylic acid groups (broad SMARTS) is 1. The molecule has 1 aromatic carbocycles. The van der Waals surface area contributed by atoms with Gasteiger partial charge in [0.2, 0.25) is 0 Å². The van der Waals surface area contributed by atoms with Crippen molar-refractivity contribution in [2.75, 3.05) is 6.61 Å². The molecule has 4 N–H and O–H groups in total.